The lowest BCUT2D eigenvalue weighted by atomic mass is 10.0. The van der Waals surface area contributed by atoms with Crippen LogP contribution in [0.1, 0.15) is 22.3 Å². The largest absolute Gasteiger partial charge is 0.390 e. The van der Waals surface area contributed by atoms with E-state index in [1.54, 1.807) is 0 Å². The molecule has 2 aromatic carbocycles. The SMILES string of the molecule is O=C(c1ccccc1F)c1cc(Cl)ccc1NCC(Br)CC(F)(F)F. The third kappa shape index (κ3) is 5.71. The van der Waals surface area contributed by atoms with Gasteiger partial charge in [0, 0.05) is 27.6 Å². The van der Waals surface area contributed by atoms with Crippen LogP contribution in [0.4, 0.5) is 23.2 Å². The number of alkyl halides is 4. The van der Waals surface area contributed by atoms with Gasteiger partial charge in [0.05, 0.1) is 12.0 Å². The molecule has 2 nitrogen and oxygen atoms in total. The predicted molar refractivity (Wildman–Crippen MR) is 93.2 cm³/mol. The summed E-state index contributed by atoms with van der Waals surface area (Å²) in [6, 6.07) is 9.79. The first-order valence-electron chi connectivity index (χ1n) is 7.21. The van der Waals surface area contributed by atoms with Gasteiger partial charge in [-0.3, -0.25) is 4.79 Å². The van der Waals surface area contributed by atoms with E-state index < -0.39 is 29.0 Å². The van der Waals surface area contributed by atoms with Crippen molar-refractivity contribution < 1.29 is 22.4 Å². The van der Waals surface area contributed by atoms with E-state index in [-0.39, 0.29) is 28.4 Å². The fourth-order valence-corrected chi connectivity index (χ4v) is 2.89. The summed E-state index contributed by atoms with van der Waals surface area (Å²) in [5, 5.41) is 3.04. The fourth-order valence-electron chi connectivity index (χ4n) is 2.19. The minimum Gasteiger partial charge on any atom is -0.383 e. The maximum atomic E-state index is 13.9. The highest BCUT2D eigenvalue weighted by molar-refractivity contribution is 9.09. The van der Waals surface area contributed by atoms with E-state index in [0.29, 0.717) is 0 Å². The predicted octanol–water partition coefficient (Wildman–Crippen LogP) is 5.84. The maximum absolute atomic E-state index is 13.9. The van der Waals surface area contributed by atoms with E-state index in [0.717, 1.165) is 6.07 Å². The third-order valence-electron chi connectivity index (χ3n) is 3.31. The average Bonchev–Trinajstić information content (AvgIpc) is 2.52. The van der Waals surface area contributed by atoms with Crippen molar-refractivity contribution in [3.8, 4) is 0 Å². The highest BCUT2D eigenvalue weighted by atomic mass is 79.9. The van der Waals surface area contributed by atoms with E-state index in [9.17, 15) is 22.4 Å². The summed E-state index contributed by atoms with van der Waals surface area (Å²) in [5.41, 5.74) is 0.229. The molecule has 1 unspecified atom stereocenters. The van der Waals surface area contributed by atoms with Crippen LogP contribution in [0.15, 0.2) is 42.5 Å². The van der Waals surface area contributed by atoms with Crippen molar-refractivity contribution in [3.63, 3.8) is 0 Å². The Hall–Kier alpha value is -1.60. The van der Waals surface area contributed by atoms with Crippen LogP contribution < -0.4 is 5.32 Å². The molecule has 1 N–H and O–H groups in total. The summed E-state index contributed by atoms with van der Waals surface area (Å²) in [7, 11) is 0. The van der Waals surface area contributed by atoms with Crippen molar-refractivity contribution in [2.75, 3.05) is 11.9 Å². The lowest BCUT2D eigenvalue weighted by molar-refractivity contribution is -0.133. The Morgan fingerprint density at radius 1 is 1.16 bits per heavy atom. The van der Waals surface area contributed by atoms with Crippen LogP contribution >= 0.6 is 27.5 Å². The molecule has 25 heavy (non-hydrogen) atoms. The molecule has 2 rings (SSSR count). The molecule has 2 aromatic rings. The highest BCUT2D eigenvalue weighted by Crippen LogP contribution is 2.27. The van der Waals surface area contributed by atoms with Crippen LogP contribution in [0.2, 0.25) is 5.02 Å². The number of rotatable bonds is 6. The van der Waals surface area contributed by atoms with Crippen LogP contribution in [0.5, 0.6) is 0 Å². The Morgan fingerprint density at radius 3 is 2.48 bits per heavy atom. The average molecular weight is 439 g/mol. The van der Waals surface area contributed by atoms with E-state index in [1.165, 1.54) is 36.4 Å². The van der Waals surface area contributed by atoms with E-state index in [1.807, 2.05) is 0 Å². The summed E-state index contributed by atoms with van der Waals surface area (Å²) in [6.07, 6.45) is -5.33. The highest BCUT2D eigenvalue weighted by Gasteiger charge is 2.30. The molecule has 0 saturated heterocycles. The van der Waals surface area contributed by atoms with Crippen LogP contribution in [-0.4, -0.2) is 23.3 Å². The van der Waals surface area contributed by atoms with Gasteiger partial charge in [0.2, 0.25) is 0 Å². The zero-order chi connectivity index (χ0) is 18.6. The van der Waals surface area contributed by atoms with Gasteiger partial charge < -0.3 is 5.32 Å². The summed E-state index contributed by atoms with van der Waals surface area (Å²) in [5.74, 6) is -1.29. The summed E-state index contributed by atoms with van der Waals surface area (Å²) in [6.45, 7) is -0.0707. The number of ketones is 1. The molecule has 134 valence electrons. The van der Waals surface area contributed by atoms with Crippen LogP contribution in [0.3, 0.4) is 0 Å². The third-order valence-corrected chi connectivity index (χ3v) is 4.19. The molecule has 0 saturated carbocycles. The normalized spacial score (nSPS) is 12.7. The van der Waals surface area contributed by atoms with Gasteiger partial charge in [0.15, 0.2) is 5.78 Å². The Balaban J connectivity index is 2.23. The zero-order valence-corrected chi connectivity index (χ0v) is 15.1. The second kappa shape index (κ2) is 8.19. The molecule has 0 radical (unpaired) electrons. The van der Waals surface area contributed by atoms with Crippen molar-refractivity contribution in [3.05, 3.63) is 64.4 Å². The minimum atomic E-state index is -4.30. The first-order valence-corrected chi connectivity index (χ1v) is 8.50. The molecule has 0 spiro atoms. The maximum Gasteiger partial charge on any atom is 0.390 e. The van der Waals surface area contributed by atoms with Gasteiger partial charge >= 0.3 is 6.18 Å². The summed E-state index contributed by atoms with van der Waals surface area (Å²) >= 11 is 8.86. The number of carbonyl (C=O) groups excluding carboxylic acids is 1. The number of hydrogen-bond donors (Lipinski definition) is 1. The van der Waals surface area contributed by atoms with E-state index >= 15 is 0 Å². The fraction of sp³-hybridized carbons (Fsp3) is 0.235. The van der Waals surface area contributed by atoms with Crippen molar-refractivity contribution in [1.29, 1.82) is 0 Å². The Labute approximate surface area is 155 Å². The number of hydrogen-bond acceptors (Lipinski definition) is 2. The Kier molecular flexibility index (Phi) is 6.46. The molecule has 8 heteroatoms. The van der Waals surface area contributed by atoms with Crippen LogP contribution in [0.25, 0.3) is 0 Å². The molecule has 1 atom stereocenters. The monoisotopic (exact) mass is 437 g/mol. The summed E-state index contributed by atoms with van der Waals surface area (Å²) in [4.78, 5) is 11.7. The lowest BCUT2D eigenvalue weighted by Crippen LogP contribution is -2.22. The minimum absolute atomic E-state index is 0.0707. The van der Waals surface area contributed by atoms with Gasteiger partial charge in [-0.2, -0.15) is 13.2 Å². The molecule has 0 bridgehead atoms. The zero-order valence-electron chi connectivity index (χ0n) is 12.7. The van der Waals surface area contributed by atoms with Crippen molar-refractivity contribution in [2.24, 2.45) is 0 Å². The van der Waals surface area contributed by atoms with Gasteiger partial charge in [-0.05, 0) is 30.3 Å². The number of anilines is 1. The van der Waals surface area contributed by atoms with Gasteiger partial charge in [0.1, 0.15) is 5.82 Å². The van der Waals surface area contributed by atoms with Gasteiger partial charge in [-0.25, -0.2) is 4.39 Å². The van der Waals surface area contributed by atoms with E-state index in [4.69, 9.17) is 11.6 Å². The smallest absolute Gasteiger partial charge is 0.383 e. The lowest BCUT2D eigenvalue weighted by Gasteiger charge is -2.16. The molecule has 0 aliphatic rings. The summed E-state index contributed by atoms with van der Waals surface area (Å²) < 4.78 is 51.0. The van der Waals surface area contributed by atoms with Gasteiger partial charge in [-0.1, -0.05) is 39.7 Å². The topological polar surface area (TPSA) is 29.1 Å². The molecule has 0 fully saturated rings. The molecule has 0 aromatic heterocycles. The number of halogens is 6. The van der Waals surface area contributed by atoms with Crippen LogP contribution in [-0.2, 0) is 0 Å². The van der Waals surface area contributed by atoms with Crippen molar-refractivity contribution in [2.45, 2.75) is 17.4 Å². The van der Waals surface area contributed by atoms with Gasteiger partial charge in [-0.15, -0.1) is 0 Å². The molecule has 0 aliphatic heterocycles. The molecule has 0 amide bonds. The molecular weight excluding hydrogens is 426 g/mol. The van der Waals surface area contributed by atoms with Crippen LogP contribution in [0, 0.1) is 5.82 Å². The molecular formula is C17H13BrClF4NO. The number of benzene rings is 2. The Morgan fingerprint density at radius 2 is 1.84 bits per heavy atom. The first kappa shape index (κ1) is 19.7. The Bertz CT molecular complexity index is 767. The standard InChI is InChI=1S/C17H13BrClF4NO/c18-10(8-17(21,22)23)9-24-15-6-5-11(19)7-13(15)16(25)12-3-1-2-4-14(12)20/h1-7,10,24H,8-9H2. The number of nitrogens with one attached hydrogen (secondary N) is 1. The van der Waals surface area contributed by atoms with Gasteiger partial charge in [0.25, 0.3) is 0 Å². The van der Waals surface area contributed by atoms with E-state index in [2.05, 4.69) is 21.2 Å². The second-order valence-corrected chi connectivity index (χ2v) is 7.03. The quantitative estimate of drug-likeness (QED) is 0.349. The molecule has 0 heterocycles. The van der Waals surface area contributed by atoms with Crippen molar-refractivity contribution >= 4 is 39.0 Å². The first-order chi connectivity index (χ1) is 11.7. The second-order valence-electron chi connectivity index (χ2n) is 5.30. The number of carbonyl (C=O) groups is 1. The molecule has 0 aliphatic carbocycles. The van der Waals surface area contributed by atoms with Crippen molar-refractivity contribution in [1.82, 2.24) is 0 Å².